The summed E-state index contributed by atoms with van der Waals surface area (Å²) >= 11 is 0. The van der Waals surface area contributed by atoms with E-state index in [0.29, 0.717) is 30.7 Å². The number of nitrogens with one attached hydrogen (secondary N) is 2. The fourth-order valence-electron chi connectivity index (χ4n) is 5.99. The van der Waals surface area contributed by atoms with Crippen molar-refractivity contribution in [1.82, 2.24) is 5.48 Å². The molecule has 2 aliphatic carbocycles. The highest BCUT2D eigenvalue weighted by Crippen LogP contribution is 2.44. The predicted octanol–water partition coefficient (Wildman–Crippen LogP) is 3.38. The summed E-state index contributed by atoms with van der Waals surface area (Å²) in [5, 5.41) is 18.8. The number of hydrogen-bond acceptors (Lipinski definition) is 8. The minimum atomic E-state index is -0.494. The molecule has 1 aliphatic heterocycles. The van der Waals surface area contributed by atoms with Crippen molar-refractivity contribution in [2.45, 2.75) is 90.3 Å². The third-order valence-corrected chi connectivity index (χ3v) is 7.77. The Labute approximate surface area is 217 Å². The molecule has 202 valence electrons. The van der Waals surface area contributed by atoms with Gasteiger partial charge < -0.3 is 15.8 Å². The third kappa shape index (κ3) is 6.30. The predicted molar refractivity (Wildman–Crippen MR) is 141 cm³/mol. The van der Waals surface area contributed by atoms with E-state index in [1.54, 1.807) is 11.5 Å². The molecular formula is C27H39N5O5. The lowest BCUT2D eigenvalue weighted by Crippen LogP contribution is -2.46. The molecule has 0 aromatic heterocycles. The van der Waals surface area contributed by atoms with Crippen LogP contribution in [0.25, 0.3) is 0 Å². The molecule has 10 nitrogen and oxygen atoms in total. The van der Waals surface area contributed by atoms with Crippen LogP contribution in [0.2, 0.25) is 0 Å². The van der Waals surface area contributed by atoms with Gasteiger partial charge in [-0.05, 0) is 69.1 Å². The summed E-state index contributed by atoms with van der Waals surface area (Å²) in [4.78, 5) is 36.2. The molecule has 2 saturated carbocycles. The molecule has 2 atom stereocenters. The molecule has 5 N–H and O–H groups in total. The van der Waals surface area contributed by atoms with E-state index in [4.69, 9.17) is 20.8 Å². The highest BCUT2D eigenvalue weighted by molar-refractivity contribution is 6.08. The average Bonchev–Trinajstić information content (AvgIpc) is 3.17. The van der Waals surface area contributed by atoms with E-state index in [-0.39, 0.29) is 41.7 Å². The Balaban J connectivity index is 1.42. The second kappa shape index (κ2) is 11.2. The summed E-state index contributed by atoms with van der Waals surface area (Å²) in [7, 11) is 0. The topological polar surface area (TPSA) is 146 Å². The monoisotopic (exact) mass is 513 g/mol. The number of ketones is 1. The minimum Gasteiger partial charge on any atom is -0.382 e. The fraction of sp³-hybridized carbons (Fsp3) is 0.630. The average molecular weight is 514 g/mol. The molecule has 2 unspecified atom stereocenters. The first-order valence-electron chi connectivity index (χ1n) is 13.2. The largest absolute Gasteiger partial charge is 0.382 e. The van der Waals surface area contributed by atoms with Gasteiger partial charge in [-0.25, -0.2) is 5.48 Å². The Bertz CT molecular complexity index is 1060. The van der Waals surface area contributed by atoms with Crippen LogP contribution < -0.4 is 21.5 Å². The molecule has 4 rings (SSSR count). The summed E-state index contributed by atoms with van der Waals surface area (Å²) < 4.78 is 5.90. The lowest BCUT2D eigenvalue weighted by molar-refractivity contribution is -0.129. The molecule has 37 heavy (non-hydrogen) atoms. The van der Waals surface area contributed by atoms with E-state index in [1.807, 2.05) is 24.1 Å². The highest BCUT2D eigenvalue weighted by atomic mass is 16.5. The third-order valence-electron chi connectivity index (χ3n) is 7.77. The molecular weight excluding hydrogens is 474 g/mol. The van der Waals surface area contributed by atoms with Crippen molar-refractivity contribution in [1.29, 1.82) is 0 Å². The maximum Gasteiger partial charge on any atom is 0.250 e. The van der Waals surface area contributed by atoms with Crippen LogP contribution in [0.3, 0.4) is 0 Å². The maximum atomic E-state index is 12.9. The van der Waals surface area contributed by atoms with Crippen molar-refractivity contribution in [3.8, 4) is 0 Å². The summed E-state index contributed by atoms with van der Waals surface area (Å²) in [6, 6.07) is 5.67. The Morgan fingerprint density at radius 1 is 1.24 bits per heavy atom. The molecule has 2 amide bonds. The number of nitrogens with zero attached hydrogens (tertiary/aromatic N) is 2. The number of primary amides is 1. The van der Waals surface area contributed by atoms with Crippen molar-refractivity contribution < 1.29 is 24.3 Å². The zero-order valence-electron chi connectivity index (χ0n) is 22.0. The Morgan fingerprint density at radius 3 is 2.65 bits per heavy atom. The second-order valence-electron chi connectivity index (χ2n) is 11.4. The number of carbonyl (C=O) groups is 3. The van der Waals surface area contributed by atoms with Crippen molar-refractivity contribution in [2.75, 3.05) is 16.9 Å². The summed E-state index contributed by atoms with van der Waals surface area (Å²) in [6.45, 7) is 6.65. The number of carbonyl (C=O) groups excluding carboxylic acids is 3. The quantitative estimate of drug-likeness (QED) is 0.225. The number of benzene rings is 1. The van der Waals surface area contributed by atoms with Gasteiger partial charge in [-0.1, -0.05) is 13.8 Å². The van der Waals surface area contributed by atoms with Gasteiger partial charge in [0.25, 0.3) is 5.91 Å². The number of anilines is 2. The van der Waals surface area contributed by atoms with Gasteiger partial charge in [-0.3, -0.25) is 24.6 Å². The number of Topliss-reactive ketones (excluding diaryl/α,β-unsaturated/α-hetero) is 1. The number of hydrogen-bond donors (Lipinski definition) is 4. The number of fused-ring (bicyclic) bond motifs is 1. The van der Waals surface area contributed by atoms with Gasteiger partial charge in [0.15, 0.2) is 0 Å². The first-order chi connectivity index (χ1) is 17.6. The molecule has 0 radical (unpaired) electrons. The van der Waals surface area contributed by atoms with Gasteiger partial charge in [0, 0.05) is 36.9 Å². The van der Waals surface area contributed by atoms with E-state index < -0.39 is 11.8 Å². The van der Waals surface area contributed by atoms with E-state index in [2.05, 4.69) is 19.2 Å². The molecule has 1 aromatic rings. The Hall–Kier alpha value is -2.98. The summed E-state index contributed by atoms with van der Waals surface area (Å²) in [5.74, 6) is -0.847. The van der Waals surface area contributed by atoms with Crippen molar-refractivity contribution in [2.24, 2.45) is 22.2 Å². The first kappa shape index (κ1) is 27.1. The van der Waals surface area contributed by atoms with Crippen LogP contribution in [-0.2, 0) is 14.3 Å². The van der Waals surface area contributed by atoms with Crippen LogP contribution in [-0.4, -0.2) is 53.3 Å². The molecule has 0 saturated heterocycles. The lowest BCUT2D eigenvalue weighted by Gasteiger charge is -2.39. The van der Waals surface area contributed by atoms with Crippen LogP contribution in [0.4, 0.5) is 11.4 Å². The molecule has 1 heterocycles. The van der Waals surface area contributed by atoms with Gasteiger partial charge in [-0.15, -0.1) is 0 Å². The molecule has 2 fully saturated rings. The van der Waals surface area contributed by atoms with Gasteiger partial charge in [0.2, 0.25) is 5.91 Å². The molecule has 0 spiro atoms. The normalized spacial score (nSPS) is 26.9. The number of rotatable bonds is 9. The van der Waals surface area contributed by atoms with Crippen LogP contribution >= 0.6 is 0 Å². The Kier molecular flexibility index (Phi) is 8.18. The molecule has 3 aliphatic rings. The number of hydroxylamine groups is 1. The number of hydrazone groups is 1. The van der Waals surface area contributed by atoms with E-state index in [1.165, 1.54) is 0 Å². The van der Waals surface area contributed by atoms with Crippen LogP contribution in [0.15, 0.2) is 23.3 Å². The molecule has 10 heteroatoms. The summed E-state index contributed by atoms with van der Waals surface area (Å²) in [6.07, 6.45) is 5.82. The van der Waals surface area contributed by atoms with Crippen LogP contribution in [0.5, 0.6) is 0 Å². The van der Waals surface area contributed by atoms with Gasteiger partial charge in [0.05, 0.1) is 29.3 Å². The number of amides is 2. The zero-order valence-corrected chi connectivity index (χ0v) is 22.0. The van der Waals surface area contributed by atoms with E-state index in [0.717, 1.165) is 43.5 Å². The van der Waals surface area contributed by atoms with Gasteiger partial charge in [-0.2, -0.15) is 5.10 Å². The van der Waals surface area contributed by atoms with Gasteiger partial charge in [0.1, 0.15) is 5.78 Å². The van der Waals surface area contributed by atoms with Crippen molar-refractivity contribution >= 4 is 34.7 Å². The number of nitrogens with two attached hydrogens (primary N) is 1. The van der Waals surface area contributed by atoms with E-state index >= 15 is 0 Å². The lowest BCUT2D eigenvalue weighted by atomic mass is 9.68. The highest BCUT2D eigenvalue weighted by Gasteiger charge is 2.48. The van der Waals surface area contributed by atoms with E-state index in [9.17, 15) is 14.4 Å². The van der Waals surface area contributed by atoms with Crippen LogP contribution in [0.1, 0.15) is 82.5 Å². The standard InChI is InChI=1S/C27H39N5O5/c1-16-25-22(14-27(2,3)15-23(25)33)32(30-16)18-8-11-20(26(28)35)21(13-18)29-17-6-9-19(10-7-17)37-12-4-5-24(34)31-36/h8,11,13,17,19,22,25,29,36H,4-7,9-10,12,14-15H2,1-3H3,(H2,28,35)(H,31,34). The van der Waals surface area contributed by atoms with Crippen LogP contribution in [0, 0.1) is 11.3 Å². The maximum absolute atomic E-state index is 12.9. The van der Waals surface area contributed by atoms with Crippen molar-refractivity contribution in [3.63, 3.8) is 0 Å². The van der Waals surface area contributed by atoms with Gasteiger partial charge >= 0.3 is 0 Å². The zero-order chi connectivity index (χ0) is 26.7. The minimum absolute atomic E-state index is 0.0282. The number of ether oxygens (including phenoxy) is 1. The fourth-order valence-corrected chi connectivity index (χ4v) is 5.99. The SMILES string of the molecule is CC1=NN(c2ccc(C(N)=O)c(NC3CCC(OCCCC(=O)NO)CC3)c2)C2CC(C)(C)CC(=O)C12. The molecule has 0 bridgehead atoms. The smallest absolute Gasteiger partial charge is 0.250 e. The summed E-state index contributed by atoms with van der Waals surface area (Å²) in [5.41, 5.74) is 10.0. The van der Waals surface area contributed by atoms with Crippen molar-refractivity contribution in [3.05, 3.63) is 23.8 Å². The Morgan fingerprint density at radius 2 is 1.97 bits per heavy atom. The molecule has 1 aromatic carbocycles. The second-order valence-corrected chi connectivity index (χ2v) is 11.4. The first-order valence-corrected chi connectivity index (χ1v) is 13.2.